The molecule has 2 saturated heterocycles. The average Bonchev–Trinajstić information content (AvgIpc) is 3.16. The normalized spacial score (nSPS) is 23.4. The maximum Gasteiger partial charge on any atom is 0.253 e. The number of halogens is 2. The first kappa shape index (κ1) is 16.7. The molecule has 2 aliphatic rings. The van der Waals surface area contributed by atoms with E-state index in [4.69, 9.17) is 0 Å². The van der Waals surface area contributed by atoms with Crippen LogP contribution in [0.25, 0.3) is 10.8 Å². The van der Waals surface area contributed by atoms with Gasteiger partial charge < -0.3 is 10.2 Å². The summed E-state index contributed by atoms with van der Waals surface area (Å²) in [5.41, 5.74) is 1.13. The number of likely N-dealkylation sites (tertiary alicyclic amines) is 1. The van der Waals surface area contributed by atoms with E-state index in [0.717, 1.165) is 53.4 Å². The molecule has 0 radical (unpaired) electrons. The molecule has 5 heteroatoms. The van der Waals surface area contributed by atoms with Crippen molar-refractivity contribution in [1.29, 1.82) is 0 Å². The van der Waals surface area contributed by atoms with Crippen molar-refractivity contribution in [2.75, 3.05) is 26.2 Å². The van der Waals surface area contributed by atoms with Crippen LogP contribution in [0.2, 0.25) is 0 Å². The zero-order valence-corrected chi connectivity index (χ0v) is 15.3. The van der Waals surface area contributed by atoms with Crippen LogP contribution in [0, 0.1) is 5.41 Å². The zero-order valence-electron chi connectivity index (χ0n) is 12.8. The first-order chi connectivity index (χ1) is 10.7. The Hall–Kier alpha value is -1.10. The van der Waals surface area contributed by atoms with Gasteiger partial charge in [-0.2, -0.15) is 0 Å². The predicted octanol–water partition coefficient (Wildman–Crippen LogP) is 3.85. The van der Waals surface area contributed by atoms with Gasteiger partial charge in [0.25, 0.3) is 5.91 Å². The largest absolute Gasteiger partial charge is 0.338 e. The molecular formula is C18H20BrClN2O. The van der Waals surface area contributed by atoms with Crippen LogP contribution in [0.3, 0.4) is 0 Å². The van der Waals surface area contributed by atoms with Crippen LogP contribution in [-0.2, 0) is 0 Å². The highest BCUT2D eigenvalue weighted by molar-refractivity contribution is 9.10. The zero-order chi connectivity index (χ0) is 15.2. The molecule has 2 aliphatic heterocycles. The lowest BCUT2D eigenvalue weighted by molar-refractivity contribution is 0.0776. The summed E-state index contributed by atoms with van der Waals surface area (Å²) in [6.07, 6.45) is 2.33. The molecule has 1 N–H and O–H groups in total. The third-order valence-corrected chi connectivity index (χ3v) is 5.60. The van der Waals surface area contributed by atoms with Crippen molar-refractivity contribution < 1.29 is 4.79 Å². The molecule has 2 heterocycles. The summed E-state index contributed by atoms with van der Waals surface area (Å²) in [5, 5.41) is 5.71. The quantitative estimate of drug-likeness (QED) is 0.795. The van der Waals surface area contributed by atoms with E-state index in [2.05, 4.69) is 33.4 Å². The van der Waals surface area contributed by atoms with Crippen LogP contribution in [0.4, 0.5) is 0 Å². The Morgan fingerprint density at radius 1 is 1.13 bits per heavy atom. The number of nitrogens with zero attached hydrogens (tertiary/aromatic N) is 1. The Morgan fingerprint density at radius 2 is 1.91 bits per heavy atom. The molecule has 3 nitrogen and oxygen atoms in total. The SMILES string of the molecule is Cl.O=C(c1ccc2cc(Br)ccc2c1)N1CCC2(CCNC2)C1. The number of carbonyl (C=O) groups is 1. The molecule has 0 aliphatic carbocycles. The van der Waals surface area contributed by atoms with Crippen LogP contribution < -0.4 is 5.32 Å². The van der Waals surface area contributed by atoms with Gasteiger partial charge in [-0.3, -0.25) is 4.79 Å². The van der Waals surface area contributed by atoms with Gasteiger partial charge in [0, 0.05) is 35.1 Å². The van der Waals surface area contributed by atoms with Crippen molar-refractivity contribution in [3.05, 3.63) is 46.4 Å². The van der Waals surface area contributed by atoms with E-state index >= 15 is 0 Å². The molecule has 4 rings (SSSR count). The lowest BCUT2D eigenvalue weighted by atomic mass is 9.86. The van der Waals surface area contributed by atoms with E-state index in [-0.39, 0.29) is 18.3 Å². The van der Waals surface area contributed by atoms with Crippen molar-refractivity contribution in [3.8, 4) is 0 Å². The molecular weight excluding hydrogens is 376 g/mol. The third-order valence-electron chi connectivity index (χ3n) is 5.11. The number of carbonyl (C=O) groups excluding carboxylic acids is 1. The van der Waals surface area contributed by atoms with Gasteiger partial charge in [-0.15, -0.1) is 12.4 Å². The van der Waals surface area contributed by atoms with Crippen LogP contribution in [-0.4, -0.2) is 37.0 Å². The predicted molar refractivity (Wildman–Crippen MR) is 99.3 cm³/mol. The number of amides is 1. The standard InChI is InChI=1S/C18H19BrN2O.ClH/c19-16-4-3-13-9-15(2-1-14(13)10-16)17(22)21-8-6-18(12-21)5-7-20-11-18;/h1-4,9-10,20H,5-8,11-12H2;1H. The van der Waals surface area contributed by atoms with Gasteiger partial charge in [-0.05, 0) is 54.4 Å². The summed E-state index contributed by atoms with van der Waals surface area (Å²) in [7, 11) is 0. The van der Waals surface area contributed by atoms with Gasteiger partial charge in [0.15, 0.2) is 0 Å². The van der Waals surface area contributed by atoms with E-state index in [1.807, 2.05) is 29.2 Å². The first-order valence-electron chi connectivity index (χ1n) is 7.85. The van der Waals surface area contributed by atoms with Crippen LogP contribution in [0.1, 0.15) is 23.2 Å². The number of benzene rings is 2. The lowest BCUT2D eigenvalue weighted by Crippen LogP contribution is -2.33. The van der Waals surface area contributed by atoms with Crippen LogP contribution in [0.15, 0.2) is 40.9 Å². The second-order valence-corrected chi connectivity index (χ2v) is 7.53. The van der Waals surface area contributed by atoms with E-state index in [0.29, 0.717) is 5.41 Å². The van der Waals surface area contributed by atoms with Gasteiger partial charge in [-0.1, -0.05) is 28.1 Å². The Morgan fingerprint density at radius 3 is 2.70 bits per heavy atom. The smallest absolute Gasteiger partial charge is 0.253 e. The fourth-order valence-electron chi connectivity index (χ4n) is 3.78. The molecule has 122 valence electrons. The second kappa shape index (κ2) is 6.42. The van der Waals surface area contributed by atoms with E-state index in [1.54, 1.807) is 0 Å². The van der Waals surface area contributed by atoms with Crippen molar-refractivity contribution in [3.63, 3.8) is 0 Å². The Labute approximate surface area is 151 Å². The van der Waals surface area contributed by atoms with E-state index < -0.39 is 0 Å². The molecule has 1 spiro atoms. The monoisotopic (exact) mass is 394 g/mol. The van der Waals surface area contributed by atoms with Gasteiger partial charge in [0.05, 0.1) is 0 Å². The van der Waals surface area contributed by atoms with Crippen molar-refractivity contribution >= 4 is 45.0 Å². The number of rotatable bonds is 1. The molecule has 1 atom stereocenters. The topological polar surface area (TPSA) is 32.3 Å². The van der Waals surface area contributed by atoms with Crippen molar-refractivity contribution in [2.24, 2.45) is 5.41 Å². The number of fused-ring (bicyclic) bond motifs is 1. The lowest BCUT2D eigenvalue weighted by Gasteiger charge is -2.23. The molecule has 2 aromatic rings. The summed E-state index contributed by atoms with van der Waals surface area (Å²) in [6, 6.07) is 12.2. The van der Waals surface area contributed by atoms with Gasteiger partial charge >= 0.3 is 0 Å². The minimum atomic E-state index is 0. The highest BCUT2D eigenvalue weighted by atomic mass is 79.9. The fourth-order valence-corrected chi connectivity index (χ4v) is 4.16. The fraction of sp³-hybridized carbons (Fsp3) is 0.389. The summed E-state index contributed by atoms with van der Waals surface area (Å²) < 4.78 is 1.06. The summed E-state index contributed by atoms with van der Waals surface area (Å²) in [4.78, 5) is 14.8. The molecule has 0 saturated carbocycles. The van der Waals surface area contributed by atoms with Crippen molar-refractivity contribution in [1.82, 2.24) is 10.2 Å². The first-order valence-corrected chi connectivity index (χ1v) is 8.64. The number of nitrogens with one attached hydrogen (secondary N) is 1. The summed E-state index contributed by atoms with van der Waals surface area (Å²) >= 11 is 3.49. The van der Waals surface area contributed by atoms with Crippen LogP contribution in [0.5, 0.6) is 0 Å². The van der Waals surface area contributed by atoms with Crippen LogP contribution >= 0.6 is 28.3 Å². The molecule has 23 heavy (non-hydrogen) atoms. The molecule has 0 bridgehead atoms. The maximum atomic E-state index is 12.8. The Bertz CT molecular complexity index is 743. The molecule has 0 aromatic heterocycles. The number of hydrogen-bond acceptors (Lipinski definition) is 2. The van der Waals surface area contributed by atoms with Gasteiger partial charge in [-0.25, -0.2) is 0 Å². The van der Waals surface area contributed by atoms with Gasteiger partial charge in [0.1, 0.15) is 0 Å². The summed E-state index contributed by atoms with van der Waals surface area (Å²) in [5.74, 6) is 0.175. The molecule has 1 unspecified atom stereocenters. The van der Waals surface area contributed by atoms with Gasteiger partial charge in [0.2, 0.25) is 0 Å². The Kier molecular flexibility index (Phi) is 4.68. The number of hydrogen-bond donors (Lipinski definition) is 1. The molecule has 2 fully saturated rings. The van der Waals surface area contributed by atoms with E-state index in [9.17, 15) is 4.79 Å². The maximum absolute atomic E-state index is 12.8. The minimum Gasteiger partial charge on any atom is -0.338 e. The average molecular weight is 396 g/mol. The highest BCUT2D eigenvalue weighted by Gasteiger charge is 2.41. The van der Waals surface area contributed by atoms with Crippen molar-refractivity contribution in [2.45, 2.75) is 12.8 Å². The molecule has 1 amide bonds. The second-order valence-electron chi connectivity index (χ2n) is 6.61. The van der Waals surface area contributed by atoms with E-state index in [1.165, 1.54) is 6.42 Å². The summed E-state index contributed by atoms with van der Waals surface area (Å²) in [6.45, 7) is 3.94. The highest BCUT2D eigenvalue weighted by Crippen LogP contribution is 2.36. The third kappa shape index (κ3) is 3.12. The Balaban J connectivity index is 0.00000156. The molecule has 2 aromatic carbocycles. The minimum absolute atomic E-state index is 0.